The molecular weight excluding hydrogens is 250 g/mol. The summed E-state index contributed by atoms with van der Waals surface area (Å²) in [5, 5.41) is 25.3. The van der Waals surface area contributed by atoms with Crippen molar-refractivity contribution in [2.75, 3.05) is 19.6 Å². The van der Waals surface area contributed by atoms with Crippen molar-refractivity contribution >= 4 is 11.6 Å². The number of carbonyl (C=O) groups is 1. The Hall–Kier alpha value is -1.99. The first-order chi connectivity index (χ1) is 9.02. The maximum Gasteiger partial charge on any atom is 0.282 e. The van der Waals surface area contributed by atoms with E-state index in [1.54, 1.807) is 13.0 Å². The molecule has 1 unspecified atom stereocenters. The minimum atomic E-state index is -0.583. The van der Waals surface area contributed by atoms with Crippen LogP contribution in [0.25, 0.3) is 0 Å². The number of rotatable bonds is 7. The van der Waals surface area contributed by atoms with E-state index >= 15 is 0 Å². The number of hydrogen-bond acceptors (Lipinski definition) is 5. The zero-order valence-corrected chi connectivity index (χ0v) is 10.6. The molecule has 1 aromatic carbocycles. The molecular formula is C12H17N3O4. The Kier molecular flexibility index (Phi) is 5.91. The fraction of sp³-hybridized carbons (Fsp3) is 0.417. The summed E-state index contributed by atoms with van der Waals surface area (Å²) in [5.41, 5.74) is -0.167. The predicted molar refractivity (Wildman–Crippen MR) is 70.0 cm³/mol. The van der Waals surface area contributed by atoms with Gasteiger partial charge in [0.1, 0.15) is 5.56 Å². The zero-order chi connectivity index (χ0) is 14.3. The standard InChI is InChI=1S/C12H17N3O4/c1-9(16)8-13-6-7-14-12(17)10-4-2-3-5-11(10)15(18)19/h2-5,9,13,16H,6-8H2,1H3,(H,14,17). The van der Waals surface area contributed by atoms with Crippen molar-refractivity contribution < 1.29 is 14.8 Å². The molecule has 0 bridgehead atoms. The molecule has 7 nitrogen and oxygen atoms in total. The number of nitro benzene ring substituents is 1. The summed E-state index contributed by atoms with van der Waals surface area (Å²) in [7, 11) is 0. The van der Waals surface area contributed by atoms with Crippen LogP contribution in [0, 0.1) is 10.1 Å². The molecule has 0 radical (unpaired) electrons. The highest BCUT2D eigenvalue weighted by molar-refractivity contribution is 5.98. The van der Waals surface area contributed by atoms with E-state index in [1.807, 2.05) is 0 Å². The van der Waals surface area contributed by atoms with Crippen molar-refractivity contribution in [2.45, 2.75) is 13.0 Å². The summed E-state index contributed by atoms with van der Waals surface area (Å²) in [6, 6.07) is 5.80. The van der Waals surface area contributed by atoms with E-state index in [9.17, 15) is 14.9 Å². The van der Waals surface area contributed by atoms with Crippen molar-refractivity contribution in [3.05, 3.63) is 39.9 Å². The van der Waals surface area contributed by atoms with Crippen molar-refractivity contribution in [3.8, 4) is 0 Å². The smallest absolute Gasteiger partial charge is 0.282 e. The van der Waals surface area contributed by atoms with Gasteiger partial charge < -0.3 is 15.7 Å². The van der Waals surface area contributed by atoms with Crippen molar-refractivity contribution in [2.24, 2.45) is 0 Å². The average molecular weight is 267 g/mol. The Labute approximate surface area is 110 Å². The molecule has 0 heterocycles. The maximum atomic E-state index is 11.8. The first-order valence-electron chi connectivity index (χ1n) is 5.92. The van der Waals surface area contributed by atoms with E-state index in [0.717, 1.165) is 0 Å². The fourth-order valence-corrected chi connectivity index (χ4v) is 1.50. The molecule has 0 spiro atoms. The third-order valence-corrected chi connectivity index (χ3v) is 2.37. The molecule has 104 valence electrons. The number of aliphatic hydroxyl groups excluding tert-OH is 1. The average Bonchev–Trinajstić information content (AvgIpc) is 2.37. The lowest BCUT2D eigenvalue weighted by molar-refractivity contribution is -0.385. The number of hydrogen-bond donors (Lipinski definition) is 3. The van der Waals surface area contributed by atoms with Crippen LogP contribution >= 0.6 is 0 Å². The van der Waals surface area contributed by atoms with Crippen molar-refractivity contribution in [1.82, 2.24) is 10.6 Å². The van der Waals surface area contributed by atoms with Crippen molar-refractivity contribution in [1.29, 1.82) is 0 Å². The lowest BCUT2D eigenvalue weighted by Crippen LogP contribution is -2.34. The van der Waals surface area contributed by atoms with Crippen LogP contribution in [-0.2, 0) is 0 Å². The van der Waals surface area contributed by atoms with Crippen LogP contribution in [0.15, 0.2) is 24.3 Å². The monoisotopic (exact) mass is 267 g/mol. The molecule has 3 N–H and O–H groups in total. The van der Waals surface area contributed by atoms with Crippen LogP contribution in [0.1, 0.15) is 17.3 Å². The highest BCUT2D eigenvalue weighted by Gasteiger charge is 2.18. The number of nitrogens with zero attached hydrogens (tertiary/aromatic N) is 1. The van der Waals surface area contributed by atoms with Gasteiger partial charge in [0.25, 0.3) is 11.6 Å². The number of nitro groups is 1. The molecule has 7 heteroatoms. The van der Waals surface area contributed by atoms with Crippen molar-refractivity contribution in [3.63, 3.8) is 0 Å². The molecule has 0 saturated carbocycles. The summed E-state index contributed by atoms with van der Waals surface area (Å²) in [5.74, 6) is -0.480. The van der Waals surface area contributed by atoms with Gasteiger partial charge in [0.15, 0.2) is 0 Å². The molecule has 0 aliphatic rings. The van der Waals surface area contributed by atoms with Gasteiger partial charge in [-0.05, 0) is 13.0 Å². The van der Waals surface area contributed by atoms with E-state index in [0.29, 0.717) is 19.6 Å². The Morgan fingerprint density at radius 2 is 2.11 bits per heavy atom. The number of aliphatic hydroxyl groups is 1. The molecule has 0 fully saturated rings. The number of amides is 1. The fourth-order valence-electron chi connectivity index (χ4n) is 1.50. The first kappa shape index (κ1) is 15.1. The Morgan fingerprint density at radius 3 is 2.74 bits per heavy atom. The molecule has 0 aromatic heterocycles. The highest BCUT2D eigenvalue weighted by Crippen LogP contribution is 2.16. The maximum absolute atomic E-state index is 11.8. The summed E-state index contributed by atoms with van der Waals surface area (Å²) in [6.45, 7) is 2.90. The molecule has 19 heavy (non-hydrogen) atoms. The zero-order valence-electron chi connectivity index (χ0n) is 10.6. The normalized spacial score (nSPS) is 11.9. The second-order valence-electron chi connectivity index (χ2n) is 4.08. The molecule has 1 rings (SSSR count). The molecule has 1 atom stereocenters. The van der Waals surface area contributed by atoms with Gasteiger partial charge in [-0.25, -0.2) is 0 Å². The van der Waals surface area contributed by atoms with Crippen LogP contribution < -0.4 is 10.6 Å². The van der Waals surface area contributed by atoms with Crippen LogP contribution in [0.3, 0.4) is 0 Å². The lowest BCUT2D eigenvalue weighted by Gasteiger charge is -2.08. The number of para-hydroxylation sites is 1. The number of carbonyl (C=O) groups excluding carboxylic acids is 1. The van der Waals surface area contributed by atoms with Gasteiger partial charge in [0, 0.05) is 25.7 Å². The predicted octanol–water partition coefficient (Wildman–Crippen LogP) is 0.295. The van der Waals surface area contributed by atoms with Gasteiger partial charge in [-0.2, -0.15) is 0 Å². The third-order valence-electron chi connectivity index (χ3n) is 2.37. The molecule has 0 aliphatic carbocycles. The Balaban J connectivity index is 2.48. The van der Waals surface area contributed by atoms with E-state index in [1.165, 1.54) is 18.2 Å². The number of nitrogens with one attached hydrogen (secondary N) is 2. The SMILES string of the molecule is CC(O)CNCCNC(=O)c1ccccc1[N+](=O)[O-]. The summed E-state index contributed by atoms with van der Waals surface area (Å²) < 4.78 is 0. The van der Waals surface area contributed by atoms with Crippen LogP contribution in [0.5, 0.6) is 0 Å². The third kappa shape index (κ3) is 5.02. The van der Waals surface area contributed by atoms with E-state index in [-0.39, 0.29) is 11.3 Å². The van der Waals surface area contributed by atoms with Gasteiger partial charge in [-0.3, -0.25) is 14.9 Å². The first-order valence-corrected chi connectivity index (χ1v) is 5.92. The van der Waals surface area contributed by atoms with Gasteiger partial charge in [0.05, 0.1) is 11.0 Å². The largest absolute Gasteiger partial charge is 0.392 e. The summed E-state index contributed by atoms with van der Waals surface area (Å²) in [6.07, 6.45) is -0.453. The Bertz CT molecular complexity index is 448. The quantitative estimate of drug-likeness (QED) is 0.374. The minimum absolute atomic E-state index is 0.0445. The number of benzene rings is 1. The van der Waals surface area contributed by atoms with E-state index in [2.05, 4.69) is 10.6 Å². The summed E-state index contributed by atoms with van der Waals surface area (Å²) >= 11 is 0. The van der Waals surface area contributed by atoms with Crippen LogP contribution in [-0.4, -0.2) is 41.7 Å². The molecule has 0 aliphatic heterocycles. The van der Waals surface area contributed by atoms with Gasteiger partial charge >= 0.3 is 0 Å². The molecule has 0 saturated heterocycles. The second kappa shape index (κ2) is 7.45. The summed E-state index contributed by atoms with van der Waals surface area (Å²) in [4.78, 5) is 22.0. The second-order valence-corrected chi connectivity index (χ2v) is 4.08. The Morgan fingerprint density at radius 1 is 1.42 bits per heavy atom. The van der Waals surface area contributed by atoms with Gasteiger partial charge in [-0.1, -0.05) is 12.1 Å². The minimum Gasteiger partial charge on any atom is -0.392 e. The van der Waals surface area contributed by atoms with Gasteiger partial charge in [0.2, 0.25) is 0 Å². The molecule has 1 aromatic rings. The van der Waals surface area contributed by atoms with Crippen LogP contribution in [0.2, 0.25) is 0 Å². The molecule has 1 amide bonds. The topological polar surface area (TPSA) is 104 Å². The van der Waals surface area contributed by atoms with Crippen LogP contribution in [0.4, 0.5) is 5.69 Å². The van der Waals surface area contributed by atoms with Gasteiger partial charge in [-0.15, -0.1) is 0 Å². The van der Waals surface area contributed by atoms with E-state index in [4.69, 9.17) is 5.11 Å². The highest BCUT2D eigenvalue weighted by atomic mass is 16.6. The lowest BCUT2D eigenvalue weighted by atomic mass is 10.1. The van der Waals surface area contributed by atoms with E-state index < -0.39 is 16.9 Å².